The third-order valence-electron chi connectivity index (χ3n) is 5.16. The van der Waals surface area contributed by atoms with Gasteiger partial charge in [0.1, 0.15) is 0 Å². The van der Waals surface area contributed by atoms with Crippen LogP contribution in [0.25, 0.3) is 0 Å². The molecular weight excluding hydrogens is 444 g/mol. The molecule has 3 aromatic carbocycles. The van der Waals surface area contributed by atoms with Gasteiger partial charge in [0.05, 0.1) is 10.6 Å². The van der Waals surface area contributed by atoms with Crippen molar-refractivity contribution in [1.29, 1.82) is 0 Å². The molecule has 0 bridgehead atoms. The Kier molecular flexibility index (Phi) is 7.59. The molecule has 0 atom stereocenters. The van der Waals surface area contributed by atoms with Gasteiger partial charge in [-0.1, -0.05) is 55.8 Å². The van der Waals surface area contributed by atoms with Gasteiger partial charge in [-0.2, -0.15) is 0 Å². The fourth-order valence-electron chi connectivity index (χ4n) is 3.14. The van der Waals surface area contributed by atoms with E-state index in [1.807, 2.05) is 6.92 Å². The summed E-state index contributed by atoms with van der Waals surface area (Å²) in [6.07, 6.45) is 0.983. The van der Waals surface area contributed by atoms with Gasteiger partial charge in [-0.05, 0) is 72.4 Å². The van der Waals surface area contributed by atoms with Crippen molar-refractivity contribution in [2.75, 3.05) is 10.0 Å². The Balaban J connectivity index is 1.57. The van der Waals surface area contributed by atoms with Crippen molar-refractivity contribution < 1.29 is 13.2 Å². The SMILES string of the molecule is Cc1ccc(NS(=O)(=O)c2ccc(NC(=O)CCc3ccc(C(C)C)cc3)cc2)cc1Cl. The highest BCUT2D eigenvalue weighted by Crippen LogP contribution is 2.23. The molecule has 0 heterocycles. The number of rotatable bonds is 8. The van der Waals surface area contributed by atoms with Gasteiger partial charge in [-0.25, -0.2) is 8.42 Å². The van der Waals surface area contributed by atoms with E-state index in [9.17, 15) is 13.2 Å². The van der Waals surface area contributed by atoms with Crippen molar-refractivity contribution in [2.45, 2.75) is 44.4 Å². The van der Waals surface area contributed by atoms with Crippen LogP contribution in [0.3, 0.4) is 0 Å². The number of anilines is 2. The van der Waals surface area contributed by atoms with Crippen LogP contribution in [0.1, 0.15) is 42.9 Å². The average Bonchev–Trinajstić information content (AvgIpc) is 2.75. The number of aryl methyl sites for hydroxylation is 2. The molecule has 0 saturated carbocycles. The molecular formula is C25H27ClN2O3S. The molecule has 0 radical (unpaired) electrons. The Morgan fingerprint density at radius 3 is 2.16 bits per heavy atom. The van der Waals surface area contributed by atoms with Crippen molar-refractivity contribution in [3.8, 4) is 0 Å². The average molecular weight is 471 g/mol. The van der Waals surface area contributed by atoms with E-state index in [1.165, 1.54) is 17.7 Å². The van der Waals surface area contributed by atoms with Crippen molar-refractivity contribution in [3.05, 3.63) is 88.4 Å². The van der Waals surface area contributed by atoms with E-state index < -0.39 is 10.0 Å². The number of halogens is 1. The number of hydrogen-bond donors (Lipinski definition) is 2. The van der Waals surface area contributed by atoms with Crippen LogP contribution in [-0.4, -0.2) is 14.3 Å². The number of hydrogen-bond acceptors (Lipinski definition) is 3. The highest BCUT2D eigenvalue weighted by molar-refractivity contribution is 7.92. The molecule has 1 amide bonds. The largest absolute Gasteiger partial charge is 0.326 e. The molecule has 3 rings (SSSR count). The summed E-state index contributed by atoms with van der Waals surface area (Å²) in [5.74, 6) is 0.352. The zero-order valence-corrected chi connectivity index (χ0v) is 19.9. The maximum Gasteiger partial charge on any atom is 0.261 e. The Morgan fingerprint density at radius 1 is 0.938 bits per heavy atom. The summed E-state index contributed by atoms with van der Waals surface area (Å²) < 4.78 is 27.7. The predicted molar refractivity (Wildman–Crippen MR) is 131 cm³/mol. The van der Waals surface area contributed by atoms with Gasteiger partial charge in [0.2, 0.25) is 5.91 Å². The van der Waals surface area contributed by atoms with Crippen LogP contribution in [-0.2, 0) is 21.2 Å². The monoisotopic (exact) mass is 470 g/mol. The van der Waals surface area contributed by atoms with Gasteiger partial charge in [-0.15, -0.1) is 0 Å². The van der Waals surface area contributed by atoms with Crippen LogP contribution in [0.4, 0.5) is 11.4 Å². The van der Waals surface area contributed by atoms with Crippen LogP contribution in [0.15, 0.2) is 71.6 Å². The lowest BCUT2D eigenvalue weighted by molar-refractivity contribution is -0.116. The normalized spacial score (nSPS) is 11.4. The molecule has 5 nitrogen and oxygen atoms in total. The fourth-order valence-corrected chi connectivity index (χ4v) is 4.37. The van der Waals surface area contributed by atoms with Crippen LogP contribution in [0, 0.1) is 6.92 Å². The van der Waals surface area contributed by atoms with E-state index in [1.54, 1.807) is 30.3 Å². The summed E-state index contributed by atoms with van der Waals surface area (Å²) in [4.78, 5) is 12.4. The van der Waals surface area contributed by atoms with E-state index in [4.69, 9.17) is 11.6 Å². The third-order valence-corrected chi connectivity index (χ3v) is 6.96. The van der Waals surface area contributed by atoms with Gasteiger partial charge in [0, 0.05) is 17.1 Å². The quantitative estimate of drug-likeness (QED) is 0.415. The molecule has 32 heavy (non-hydrogen) atoms. The van der Waals surface area contributed by atoms with Crippen molar-refractivity contribution in [3.63, 3.8) is 0 Å². The topological polar surface area (TPSA) is 75.3 Å². The first kappa shape index (κ1) is 23.8. The summed E-state index contributed by atoms with van der Waals surface area (Å²) in [6, 6.07) is 19.3. The lowest BCUT2D eigenvalue weighted by Gasteiger charge is -2.11. The summed E-state index contributed by atoms with van der Waals surface area (Å²) in [6.45, 7) is 6.14. The van der Waals surface area contributed by atoms with E-state index in [2.05, 4.69) is 48.2 Å². The lowest BCUT2D eigenvalue weighted by Crippen LogP contribution is -2.14. The van der Waals surface area contributed by atoms with Crippen LogP contribution in [0.2, 0.25) is 5.02 Å². The first-order chi connectivity index (χ1) is 15.1. The van der Waals surface area contributed by atoms with Crippen molar-refractivity contribution in [1.82, 2.24) is 0 Å². The fraction of sp³-hybridized carbons (Fsp3) is 0.240. The summed E-state index contributed by atoms with van der Waals surface area (Å²) >= 11 is 6.07. The second kappa shape index (κ2) is 10.2. The molecule has 0 spiro atoms. The first-order valence-electron chi connectivity index (χ1n) is 10.4. The molecule has 2 N–H and O–H groups in total. The molecule has 0 aliphatic carbocycles. The van der Waals surface area contributed by atoms with Gasteiger partial charge in [0.25, 0.3) is 10.0 Å². The Labute approximate surface area is 194 Å². The van der Waals surface area contributed by atoms with E-state index in [0.29, 0.717) is 35.2 Å². The minimum atomic E-state index is -3.77. The lowest BCUT2D eigenvalue weighted by atomic mass is 10.0. The second-order valence-corrected chi connectivity index (χ2v) is 10.1. The number of benzene rings is 3. The molecule has 0 aromatic heterocycles. The predicted octanol–water partition coefficient (Wildman–Crippen LogP) is 6.14. The smallest absolute Gasteiger partial charge is 0.261 e. The van der Waals surface area contributed by atoms with Crippen molar-refractivity contribution >= 4 is 38.9 Å². The minimum absolute atomic E-state index is 0.0949. The number of carbonyl (C=O) groups is 1. The zero-order chi connectivity index (χ0) is 23.3. The summed E-state index contributed by atoms with van der Waals surface area (Å²) in [5.41, 5.74) is 4.17. The number of carbonyl (C=O) groups excluding carboxylic acids is 1. The van der Waals surface area contributed by atoms with E-state index in [0.717, 1.165) is 11.1 Å². The maximum atomic E-state index is 12.6. The highest BCUT2D eigenvalue weighted by atomic mass is 35.5. The van der Waals surface area contributed by atoms with Crippen molar-refractivity contribution in [2.24, 2.45) is 0 Å². The first-order valence-corrected chi connectivity index (χ1v) is 12.3. The van der Waals surface area contributed by atoms with Gasteiger partial charge >= 0.3 is 0 Å². The summed E-state index contributed by atoms with van der Waals surface area (Å²) in [5, 5.41) is 3.30. The number of nitrogens with one attached hydrogen (secondary N) is 2. The molecule has 0 aliphatic rings. The number of amides is 1. The molecule has 0 aliphatic heterocycles. The molecule has 0 fully saturated rings. The van der Waals surface area contributed by atoms with Crippen LogP contribution >= 0.6 is 11.6 Å². The summed E-state index contributed by atoms with van der Waals surface area (Å²) in [7, 11) is -3.77. The zero-order valence-electron chi connectivity index (χ0n) is 18.4. The van der Waals surface area contributed by atoms with E-state index >= 15 is 0 Å². The molecule has 7 heteroatoms. The third kappa shape index (κ3) is 6.34. The Bertz CT molecular complexity index is 1190. The standard InChI is InChI=1S/C25H27ClN2O3S/c1-17(2)20-8-5-19(6-9-20)7-15-25(29)27-21-11-13-23(14-12-21)32(30,31)28-22-10-4-18(3)24(26)16-22/h4-6,8-14,16-17,28H,7,15H2,1-3H3,(H,27,29). The molecule has 0 unspecified atom stereocenters. The van der Waals surface area contributed by atoms with Crippen LogP contribution < -0.4 is 10.0 Å². The Hall–Kier alpha value is -2.83. The maximum absolute atomic E-state index is 12.6. The van der Waals surface area contributed by atoms with Gasteiger partial charge in [-0.3, -0.25) is 9.52 Å². The molecule has 168 valence electrons. The molecule has 0 saturated heterocycles. The minimum Gasteiger partial charge on any atom is -0.326 e. The molecule has 3 aromatic rings. The van der Waals surface area contributed by atoms with Crippen LogP contribution in [0.5, 0.6) is 0 Å². The Morgan fingerprint density at radius 2 is 1.56 bits per heavy atom. The highest BCUT2D eigenvalue weighted by Gasteiger charge is 2.15. The van der Waals surface area contributed by atoms with Gasteiger partial charge in [0.15, 0.2) is 0 Å². The number of sulfonamides is 1. The van der Waals surface area contributed by atoms with Gasteiger partial charge < -0.3 is 5.32 Å². The second-order valence-electron chi connectivity index (χ2n) is 8.04. The van der Waals surface area contributed by atoms with E-state index in [-0.39, 0.29) is 10.8 Å².